The lowest BCUT2D eigenvalue weighted by Gasteiger charge is -2.28. The van der Waals surface area contributed by atoms with Crippen LogP contribution in [-0.4, -0.2) is 36.8 Å². The Labute approximate surface area is 111 Å². The summed E-state index contributed by atoms with van der Waals surface area (Å²) >= 11 is 0. The van der Waals surface area contributed by atoms with Gasteiger partial charge in [-0.1, -0.05) is 0 Å². The highest BCUT2D eigenvalue weighted by molar-refractivity contribution is 7.96. The molecule has 0 aliphatic heterocycles. The van der Waals surface area contributed by atoms with Gasteiger partial charge in [-0.25, -0.2) is 0 Å². The summed E-state index contributed by atoms with van der Waals surface area (Å²) in [6.07, 6.45) is 4.56. The van der Waals surface area contributed by atoms with Crippen LogP contribution in [0.5, 0.6) is 0 Å². The SMILES string of the molecule is CCOB([O-])OC(C)(C)C.C[S+](C)C(C)(C)C. The number of hydrogen-bond donors (Lipinski definition) is 0. The van der Waals surface area contributed by atoms with Crippen molar-refractivity contribution in [1.29, 1.82) is 0 Å². The number of hydrogen-bond acceptors (Lipinski definition) is 3. The summed E-state index contributed by atoms with van der Waals surface area (Å²) in [5, 5.41) is 10.7. The van der Waals surface area contributed by atoms with Crippen molar-refractivity contribution in [2.75, 3.05) is 19.1 Å². The lowest BCUT2D eigenvalue weighted by atomic mass is 10.1. The van der Waals surface area contributed by atoms with Crippen LogP contribution in [0.15, 0.2) is 0 Å². The molecular formula is C12H29BO3S. The molecular weight excluding hydrogens is 235 g/mol. The van der Waals surface area contributed by atoms with Crippen molar-refractivity contribution < 1.29 is 14.3 Å². The fourth-order valence-corrected chi connectivity index (χ4v) is 0.459. The highest BCUT2D eigenvalue weighted by Crippen LogP contribution is 2.12. The van der Waals surface area contributed by atoms with E-state index in [0.29, 0.717) is 22.2 Å². The van der Waals surface area contributed by atoms with Crippen LogP contribution in [0.3, 0.4) is 0 Å². The van der Waals surface area contributed by atoms with E-state index in [-0.39, 0.29) is 0 Å². The minimum absolute atomic E-state index is 0.393. The molecule has 104 valence electrons. The van der Waals surface area contributed by atoms with Gasteiger partial charge in [0.1, 0.15) is 4.75 Å². The third-order valence-corrected chi connectivity index (χ3v) is 4.43. The lowest BCUT2D eigenvalue weighted by molar-refractivity contribution is -0.263. The van der Waals surface area contributed by atoms with Crippen LogP contribution < -0.4 is 5.02 Å². The maximum Gasteiger partial charge on any atom is 0.345 e. The molecule has 0 heterocycles. The zero-order valence-corrected chi connectivity index (χ0v) is 13.7. The van der Waals surface area contributed by atoms with Crippen LogP contribution in [0, 0.1) is 0 Å². The summed E-state index contributed by atoms with van der Waals surface area (Å²) in [6.45, 7) is 14.4. The van der Waals surface area contributed by atoms with Crippen LogP contribution in [0.4, 0.5) is 0 Å². The first-order chi connectivity index (χ1) is 7.40. The Bertz CT molecular complexity index is 185. The topological polar surface area (TPSA) is 41.5 Å². The van der Waals surface area contributed by atoms with Crippen LogP contribution >= 0.6 is 0 Å². The van der Waals surface area contributed by atoms with E-state index in [0.717, 1.165) is 0 Å². The highest BCUT2D eigenvalue weighted by Gasteiger charge is 2.23. The molecule has 3 nitrogen and oxygen atoms in total. The molecule has 0 radical (unpaired) electrons. The van der Waals surface area contributed by atoms with E-state index in [2.05, 4.69) is 37.9 Å². The third kappa shape index (κ3) is 16.3. The second-order valence-corrected chi connectivity index (χ2v) is 8.76. The zero-order chi connectivity index (χ0) is 14.3. The average Bonchev–Trinajstić information content (AvgIpc) is 1.99. The minimum atomic E-state index is -1.34. The van der Waals surface area contributed by atoms with E-state index in [4.69, 9.17) is 4.65 Å². The molecule has 0 amide bonds. The van der Waals surface area contributed by atoms with Crippen LogP contribution in [0.25, 0.3) is 0 Å². The molecule has 0 bridgehead atoms. The van der Waals surface area contributed by atoms with Gasteiger partial charge in [-0.3, -0.25) is 0 Å². The molecule has 0 aromatic carbocycles. The molecule has 5 heteroatoms. The van der Waals surface area contributed by atoms with E-state index in [9.17, 15) is 5.02 Å². The smallest absolute Gasteiger partial charge is 0.345 e. The van der Waals surface area contributed by atoms with Gasteiger partial charge in [-0.2, -0.15) is 0 Å². The van der Waals surface area contributed by atoms with E-state index in [1.165, 1.54) is 0 Å². The van der Waals surface area contributed by atoms with Crippen LogP contribution in [-0.2, 0) is 20.2 Å². The predicted octanol–water partition coefficient (Wildman–Crippen LogP) is 1.85. The summed E-state index contributed by atoms with van der Waals surface area (Å²) < 4.78 is 10.1. The Kier molecular flexibility index (Phi) is 9.71. The van der Waals surface area contributed by atoms with Crippen molar-refractivity contribution in [3.8, 4) is 0 Å². The number of rotatable bonds is 3. The van der Waals surface area contributed by atoms with Crippen molar-refractivity contribution >= 4 is 18.2 Å². The van der Waals surface area contributed by atoms with Gasteiger partial charge in [0.05, 0.1) is 12.5 Å². The largest absolute Gasteiger partial charge is 0.832 e. The van der Waals surface area contributed by atoms with E-state index in [1.807, 2.05) is 20.8 Å². The lowest BCUT2D eigenvalue weighted by Crippen LogP contribution is -2.43. The van der Waals surface area contributed by atoms with Crippen molar-refractivity contribution in [3.05, 3.63) is 0 Å². The zero-order valence-electron chi connectivity index (χ0n) is 12.9. The fraction of sp³-hybridized carbons (Fsp3) is 1.00. The van der Waals surface area contributed by atoms with E-state index in [1.54, 1.807) is 6.92 Å². The molecule has 0 atom stereocenters. The van der Waals surface area contributed by atoms with Crippen molar-refractivity contribution in [1.82, 2.24) is 0 Å². The Morgan fingerprint density at radius 1 is 1.06 bits per heavy atom. The van der Waals surface area contributed by atoms with Crippen molar-refractivity contribution in [3.63, 3.8) is 0 Å². The average molecular weight is 264 g/mol. The van der Waals surface area contributed by atoms with Gasteiger partial charge in [-0.15, -0.1) is 0 Å². The molecule has 0 rings (SSSR count). The second-order valence-electron chi connectivity index (χ2n) is 5.90. The summed E-state index contributed by atoms with van der Waals surface area (Å²) in [6, 6.07) is 0. The Morgan fingerprint density at radius 2 is 1.41 bits per heavy atom. The molecule has 0 saturated carbocycles. The van der Waals surface area contributed by atoms with Crippen LogP contribution in [0.2, 0.25) is 0 Å². The fourth-order valence-electron chi connectivity index (χ4n) is 0.459. The van der Waals surface area contributed by atoms with Gasteiger partial charge < -0.3 is 14.3 Å². The molecule has 0 N–H and O–H groups in total. The van der Waals surface area contributed by atoms with Crippen molar-refractivity contribution in [2.45, 2.75) is 58.8 Å². The van der Waals surface area contributed by atoms with Gasteiger partial charge >= 0.3 is 7.32 Å². The van der Waals surface area contributed by atoms with Crippen molar-refractivity contribution in [2.24, 2.45) is 0 Å². The quantitative estimate of drug-likeness (QED) is 0.577. The second kappa shape index (κ2) is 8.41. The third-order valence-electron chi connectivity index (χ3n) is 1.98. The van der Waals surface area contributed by atoms with Crippen LogP contribution in [0.1, 0.15) is 48.5 Å². The molecule has 17 heavy (non-hydrogen) atoms. The normalized spacial score (nSPS) is 12.2. The van der Waals surface area contributed by atoms with Gasteiger partial charge in [0, 0.05) is 12.2 Å². The monoisotopic (exact) mass is 264 g/mol. The first-order valence-electron chi connectivity index (χ1n) is 5.93. The first-order valence-corrected chi connectivity index (χ1v) is 7.97. The minimum Gasteiger partial charge on any atom is -0.832 e. The predicted molar refractivity (Wildman–Crippen MR) is 77.2 cm³/mol. The molecule has 0 spiro atoms. The van der Waals surface area contributed by atoms with Gasteiger partial charge in [-0.05, 0) is 59.4 Å². The molecule has 0 aromatic rings. The molecule has 0 saturated heterocycles. The standard InChI is InChI=1S/C6H14BO3.C6H15S/c1-5-9-7(8)10-6(2,3)4;1-6(2,3)7(4)5/h5H2,1-4H3;1-5H3/q-1;+1. The van der Waals surface area contributed by atoms with Gasteiger partial charge in [0.15, 0.2) is 0 Å². The summed E-state index contributed by atoms with van der Waals surface area (Å²) in [5.74, 6) is 0. The summed E-state index contributed by atoms with van der Waals surface area (Å²) in [4.78, 5) is 0. The van der Waals surface area contributed by atoms with Gasteiger partial charge in [0.2, 0.25) is 0 Å². The summed E-state index contributed by atoms with van der Waals surface area (Å²) in [5.41, 5.74) is -0.415. The van der Waals surface area contributed by atoms with E-state index >= 15 is 0 Å². The first kappa shape index (κ1) is 19.6. The molecule has 0 fully saturated rings. The van der Waals surface area contributed by atoms with E-state index < -0.39 is 12.9 Å². The maximum atomic E-state index is 10.7. The Balaban J connectivity index is 0. The molecule has 0 aliphatic rings. The molecule has 0 unspecified atom stereocenters. The molecule has 0 aromatic heterocycles. The highest BCUT2D eigenvalue weighted by atomic mass is 32.2. The summed E-state index contributed by atoms with van der Waals surface area (Å²) in [7, 11) is -0.775. The Morgan fingerprint density at radius 3 is 1.59 bits per heavy atom. The van der Waals surface area contributed by atoms with Gasteiger partial charge in [0.25, 0.3) is 0 Å². The Hall–Kier alpha value is 0.295. The molecule has 0 aliphatic carbocycles. The maximum absolute atomic E-state index is 10.7.